The van der Waals surface area contributed by atoms with Gasteiger partial charge in [-0.1, -0.05) is 6.92 Å². The van der Waals surface area contributed by atoms with E-state index in [2.05, 4.69) is 39.5 Å². The Balaban J connectivity index is 1.95. The van der Waals surface area contributed by atoms with E-state index in [0.29, 0.717) is 23.7 Å². The Hall–Kier alpha value is -0.0800. The third-order valence-electron chi connectivity index (χ3n) is 4.44. The molecule has 2 heteroatoms. The van der Waals surface area contributed by atoms with Crippen LogP contribution in [0, 0.1) is 11.3 Å². The topological polar surface area (TPSA) is 12.5 Å². The van der Waals surface area contributed by atoms with Crippen molar-refractivity contribution in [1.82, 2.24) is 4.90 Å². The van der Waals surface area contributed by atoms with Crippen LogP contribution in [-0.4, -0.2) is 36.2 Å². The highest BCUT2D eigenvalue weighted by Gasteiger charge is 2.50. The van der Waals surface area contributed by atoms with Crippen molar-refractivity contribution in [2.24, 2.45) is 11.3 Å². The lowest BCUT2D eigenvalue weighted by atomic mass is 9.83. The van der Waals surface area contributed by atoms with E-state index in [1.54, 1.807) is 0 Å². The number of hydrogen-bond donors (Lipinski definition) is 0. The van der Waals surface area contributed by atoms with E-state index < -0.39 is 0 Å². The molecule has 3 atom stereocenters. The lowest BCUT2D eigenvalue weighted by Crippen LogP contribution is -2.32. The summed E-state index contributed by atoms with van der Waals surface area (Å²) >= 11 is 0. The number of fused-ring (bicyclic) bond motifs is 1. The van der Waals surface area contributed by atoms with Gasteiger partial charge in [-0.25, -0.2) is 0 Å². The van der Waals surface area contributed by atoms with Crippen LogP contribution < -0.4 is 0 Å². The molecule has 2 fully saturated rings. The van der Waals surface area contributed by atoms with Crippen LogP contribution in [-0.2, 0) is 4.74 Å². The Kier molecular flexibility index (Phi) is 3.33. The number of ether oxygens (including phenoxy) is 1. The molecule has 2 unspecified atom stereocenters. The minimum absolute atomic E-state index is 0.383. The molecular weight excluding hydrogens is 198 g/mol. The fourth-order valence-electron chi connectivity index (χ4n) is 3.55. The first-order valence-corrected chi connectivity index (χ1v) is 6.80. The van der Waals surface area contributed by atoms with Gasteiger partial charge < -0.3 is 9.64 Å². The molecule has 1 aliphatic carbocycles. The highest BCUT2D eigenvalue weighted by atomic mass is 16.5. The molecule has 0 aromatic carbocycles. The summed E-state index contributed by atoms with van der Waals surface area (Å²) in [5, 5.41) is 0. The minimum Gasteiger partial charge on any atom is -0.376 e. The summed E-state index contributed by atoms with van der Waals surface area (Å²) in [6.07, 6.45) is 3.44. The molecule has 2 rings (SSSR count). The molecule has 1 heterocycles. The largest absolute Gasteiger partial charge is 0.376 e. The first-order chi connectivity index (χ1) is 7.40. The summed E-state index contributed by atoms with van der Waals surface area (Å²) in [7, 11) is 0. The highest BCUT2D eigenvalue weighted by molar-refractivity contribution is 5.02. The lowest BCUT2D eigenvalue weighted by molar-refractivity contribution is 0.00200. The van der Waals surface area contributed by atoms with E-state index in [1.165, 1.54) is 25.9 Å². The maximum atomic E-state index is 5.99. The molecule has 0 spiro atoms. The summed E-state index contributed by atoms with van der Waals surface area (Å²) in [5.74, 6) is 0.860. The zero-order valence-corrected chi connectivity index (χ0v) is 11.5. The molecule has 94 valence electrons. The van der Waals surface area contributed by atoms with Crippen molar-refractivity contribution in [2.45, 2.75) is 65.7 Å². The predicted octanol–water partition coefficient (Wildman–Crippen LogP) is 2.92. The second kappa shape index (κ2) is 4.30. The minimum atomic E-state index is 0.383. The number of likely N-dealkylation sites (tertiary alicyclic amines) is 1. The van der Waals surface area contributed by atoms with Crippen molar-refractivity contribution in [3.05, 3.63) is 0 Å². The number of rotatable bonds is 3. The second-order valence-electron chi connectivity index (χ2n) is 6.62. The first-order valence-electron chi connectivity index (χ1n) is 6.80. The van der Waals surface area contributed by atoms with Gasteiger partial charge in [0, 0.05) is 19.1 Å². The molecule has 0 bridgehead atoms. The Morgan fingerprint density at radius 2 is 1.94 bits per heavy atom. The molecule has 1 saturated heterocycles. The van der Waals surface area contributed by atoms with Gasteiger partial charge in [-0.05, 0) is 51.9 Å². The van der Waals surface area contributed by atoms with Crippen molar-refractivity contribution < 1.29 is 4.74 Å². The van der Waals surface area contributed by atoms with Crippen LogP contribution in [0.2, 0.25) is 0 Å². The normalized spacial score (nSPS) is 39.9. The van der Waals surface area contributed by atoms with E-state index in [-0.39, 0.29) is 0 Å². The van der Waals surface area contributed by atoms with Crippen LogP contribution >= 0.6 is 0 Å². The summed E-state index contributed by atoms with van der Waals surface area (Å²) in [5.41, 5.74) is 0.518. The SMILES string of the molecule is CC(C)OC1C[C@@H]2CN(C(C)C)CC2(C)C1. The van der Waals surface area contributed by atoms with Crippen molar-refractivity contribution in [3.8, 4) is 0 Å². The zero-order valence-electron chi connectivity index (χ0n) is 11.5. The van der Waals surface area contributed by atoms with Gasteiger partial charge in [-0.15, -0.1) is 0 Å². The molecule has 2 aliphatic rings. The maximum Gasteiger partial charge on any atom is 0.0587 e. The molecule has 0 radical (unpaired) electrons. The van der Waals surface area contributed by atoms with Gasteiger partial charge in [0.25, 0.3) is 0 Å². The average molecular weight is 225 g/mol. The van der Waals surface area contributed by atoms with Gasteiger partial charge in [-0.2, -0.15) is 0 Å². The van der Waals surface area contributed by atoms with Crippen molar-refractivity contribution in [2.75, 3.05) is 13.1 Å². The molecule has 0 aromatic heterocycles. The van der Waals surface area contributed by atoms with E-state index in [1.807, 2.05) is 0 Å². The molecule has 0 aromatic rings. The first kappa shape index (κ1) is 12.4. The van der Waals surface area contributed by atoms with Crippen LogP contribution in [0.15, 0.2) is 0 Å². The Morgan fingerprint density at radius 1 is 1.25 bits per heavy atom. The number of nitrogens with zero attached hydrogens (tertiary/aromatic N) is 1. The van der Waals surface area contributed by atoms with Crippen molar-refractivity contribution in [1.29, 1.82) is 0 Å². The molecule has 0 amide bonds. The third-order valence-corrected chi connectivity index (χ3v) is 4.44. The quantitative estimate of drug-likeness (QED) is 0.732. The van der Waals surface area contributed by atoms with Crippen molar-refractivity contribution in [3.63, 3.8) is 0 Å². The summed E-state index contributed by atoms with van der Waals surface area (Å²) in [6, 6.07) is 0.701. The monoisotopic (exact) mass is 225 g/mol. The fourth-order valence-corrected chi connectivity index (χ4v) is 3.55. The van der Waals surface area contributed by atoms with E-state index >= 15 is 0 Å². The highest BCUT2D eigenvalue weighted by Crippen LogP contribution is 2.49. The van der Waals surface area contributed by atoms with Gasteiger partial charge >= 0.3 is 0 Å². The van der Waals surface area contributed by atoms with E-state index in [0.717, 1.165) is 5.92 Å². The Bertz CT molecular complexity index is 251. The molecule has 1 aliphatic heterocycles. The van der Waals surface area contributed by atoms with Crippen LogP contribution in [0.4, 0.5) is 0 Å². The summed E-state index contributed by atoms with van der Waals surface area (Å²) < 4.78 is 5.99. The van der Waals surface area contributed by atoms with Crippen LogP contribution in [0.25, 0.3) is 0 Å². The Labute approximate surface area is 100 Å². The fraction of sp³-hybridized carbons (Fsp3) is 1.00. The van der Waals surface area contributed by atoms with Crippen LogP contribution in [0.1, 0.15) is 47.5 Å². The molecular formula is C14H27NO. The smallest absolute Gasteiger partial charge is 0.0587 e. The Morgan fingerprint density at radius 3 is 2.44 bits per heavy atom. The average Bonchev–Trinajstić information content (AvgIpc) is 2.54. The third kappa shape index (κ3) is 2.28. The molecule has 0 N–H and O–H groups in total. The second-order valence-corrected chi connectivity index (χ2v) is 6.62. The molecule has 1 saturated carbocycles. The molecule has 16 heavy (non-hydrogen) atoms. The zero-order chi connectivity index (χ0) is 11.9. The van der Waals surface area contributed by atoms with Crippen molar-refractivity contribution >= 4 is 0 Å². The van der Waals surface area contributed by atoms with Crippen LogP contribution in [0.5, 0.6) is 0 Å². The van der Waals surface area contributed by atoms with Gasteiger partial charge in [0.05, 0.1) is 12.2 Å². The standard InChI is InChI=1S/C14H27NO/c1-10(2)15-8-12-6-13(16-11(3)4)7-14(12,5)9-15/h10-13H,6-9H2,1-5H3/t12-,13?,14?/m1/s1. The maximum absolute atomic E-state index is 5.99. The summed E-state index contributed by atoms with van der Waals surface area (Å²) in [6.45, 7) is 13.9. The van der Waals surface area contributed by atoms with Gasteiger partial charge in [0.1, 0.15) is 0 Å². The van der Waals surface area contributed by atoms with Crippen LogP contribution in [0.3, 0.4) is 0 Å². The molecule has 2 nitrogen and oxygen atoms in total. The predicted molar refractivity (Wildman–Crippen MR) is 67.5 cm³/mol. The van der Waals surface area contributed by atoms with Gasteiger partial charge in [-0.3, -0.25) is 0 Å². The lowest BCUT2D eigenvalue weighted by Gasteiger charge is -2.26. The summed E-state index contributed by atoms with van der Waals surface area (Å²) in [4.78, 5) is 2.64. The van der Waals surface area contributed by atoms with E-state index in [4.69, 9.17) is 4.74 Å². The van der Waals surface area contributed by atoms with Gasteiger partial charge in [0.15, 0.2) is 0 Å². The number of hydrogen-bond acceptors (Lipinski definition) is 2. The van der Waals surface area contributed by atoms with E-state index in [9.17, 15) is 0 Å². The van der Waals surface area contributed by atoms with Gasteiger partial charge in [0.2, 0.25) is 0 Å².